The molecule has 4 rings (SSSR count). The Morgan fingerprint density at radius 3 is 2.96 bits per heavy atom. The number of nitrogens with one attached hydrogen (secondary N) is 2. The minimum absolute atomic E-state index is 0. The Morgan fingerprint density at radius 1 is 1.28 bits per heavy atom. The van der Waals surface area contributed by atoms with E-state index in [-0.39, 0.29) is 30.7 Å². The molecule has 3 aromatic rings. The second-order valence-corrected chi connectivity index (χ2v) is 5.04. The number of aliphatic imine (C=N–C) groups is 1. The van der Waals surface area contributed by atoms with E-state index in [1.807, 2.05) is 18.2 Å². The third-order valence-electron chi connectivity index (χ3n) is 3.48. The summed E-state index contributed by atoms with van der Waals surface area (Å²) < 4.78 is 5.00. The molecule has 9 heteroatoms. The van der Waals surface area contributed by atoms with Gasteiger partial charge in [-0.2, -0.15) is 4.98 Å². The first-order chi connectivity index (χ1) is 11.3. The summed E-state index contributed by atoms with van der Waals surface area (Å²) in [6, 6.07) is 5.65. The molecule has 130 valence electrons. The molecule has 0 aliphatic carbocycles. The number of nitrogens with zero attached hydrogens (tertiary/aromatic N) is 3. The number of furan rings is 1. The van der Waals surface area contributed by atoms with Gasteiger partial charge in [0.25, 0.3) is 0 Å². The normalized spacial score (nSPS) is 13.2. The zero-order valence-electron chi connectivity index (χ0n) is 12.8. The predicted octanol–water partition coefficient (Wildman–Crippen LogP) is 3.82. The predicted molar refractivity (Wildman–Crippen MR) is 101 cm³/mol. The SMILES string of the molecule is Cl.Cl.Oc1nc(NCc2ccoc2)[nH]c1/C=C1\C=Nc2ncccc21. The lowest BCUT2D eigenvalue weighted by Crippen LogP contribution is -1.99. The summed E-state index contributed by atoms with van der Waals surface area (Å²) in [6.45, 7) is 0.549. The Kier molecular flexibility index (Phi) is 5.84. The van der Waals surface area contributed by atoms with Crippen LogP contribution in [0.2, 0.25) is 0 Å². The molecule has 25 heavy (non-hydrogen) atoms. The van der Waals surface area contributed by atoms with Crippen molar-refractivity contribution in [1.82, 2.24) is 15.0 Å². The van der Waals surface area contributed by atoms with Gasteiger partial charge < -0.3 is 19.8 Å². The lowest BCUT2D eigenvalue weighted by molar-refractivity contribution is 0.455. The quantitative estimate of drug-likeness (QED) is 0.639. The van der Waals surface area contributed by atoms with Crippen LogP contribution in [0.3, 0.4) is 0 Å². The third-order valence-corrected chi connectivity index (χ3v) is 3.48. The molecule has 0 radical (unpaired) electrons. The van der Waals surface area contributed by atoms with E-state index in [4.69, 9.17) is 4.42 Å². The second-order valence-electron chi connectivity index (χ2n) is 5.04. The third kappa shape index (κ3) is 3.84. The van der Waals surface area contributed by atoms with Crippen LogP contribution in [-0.4, -0.2) is 26.3 Å². The van der Waals surface area contributed by atoms with Gasteiger partial charge in [-0.1, -0.05) is 0 Å². The highest BCUT2D eigenvalue weighted by Gasteiger charge is 2.14. The Hall–Kier alpha value is -2.77. The van der Waals surface area contributed by atoms with E-state index < -0.39 is 0 Å². The average Bonchev–Trinajstić information content (AvgIpc) is 3.28. The van der Waals surface area contributed by atoms with Crippen molar-refractivity contribution < 1.29 is 9.52 Å². The van der Waals surface area contributed by atoms with Crippen LogP contribution in [0.4, 0.5) is 11.8 Å². The molecule has 0 aromatic carbocycles. The minimum atomic E-state index is -0.0714. The van der Waals surface area contributed by atoms with Gasteiger partial charge in [0.1, 0.15) is 5.69 Å². The number of aromatic hydroxyl groups is 1. The van der Waals surface area contributed by atoms with E-state index in [2.05, 4.69) is 25.3 Å². The van der Waals surface area contributed by atoms with Crippen LogP contribution in [0.25, 0.3) is 11.6 Å². The van der Waals surface area contributed by atoms with Gasteiger partial charge in [-0.3, -0.25) is 0 Å². The summed E-state index contributed by atoms with van der Waals surface area (Å²) >= 11 is 0. The number of pyridine rings is 1. The number of rotatable bonds is 4. The van der Waals surface area contributed by atoms with Gasteiger partial charge in [-0.25, -0.2) is 9.98 Å². The number of anilines is 1. The maximum atomic E-state index is 9.99. The number of allylic oxidation sites excluding steroid dienone is 1. The first-order valence-corrected chi connectivity index (χ1v) is 7.04. The number of H-pyrrole nitrogens is 1. The highest BCUT2D eigenvalue weighted by molar-refractivity contribution is 6.20. The van der Waals surface area contributed by atoms with Crippen LogP contribution in [0, 0.1) is 0 Å². The monoisotopic (exact) mass is 379 g/mol. The largest absolute Gasteiger partial charge is 0.492 e. The number of aromatic nitrogens is 3. The molecule has 0 fully saturated rings. The number of hydrogen-bond acceptors (Lipinski definition) is 6. The number of fused-ring (bicyclic) bond motifs is 1. The molecule has 3 N–H and O–H groups in total. The Bertz CT molecular complexity index is 903. The summed E-state index contributed by atoms with van der Waals surface area (Å²) in [7, 11) is 0. The van der Waals surface area contributed by atoms with Gasteiger partial charge in [0.05, 0.1) is 12.5 Å². The Labute approximate surface area is 155 Å². The van der Waals surface area contributed by atoms with Gasteiger partial charge in [-0.15, -0.1) is 24.8 Å². The Balaban J connectivity index is 0.00000113. The van der Waals surface area contributed by atoms with Crippen LogP contribution >= 0.6 is 24.8 Å². The van der Waals surface area contributed by atoms with Crippen molar-refractivity contribution in [1.29, 1.82) is 0 Å². The Morgan fingerprint density at radius 2 is 2.16 bits per heavy atom. The summed E-state index contributed by atoms with van der Waals surface area (Å²) in [6.07, 6.45) is 8.47. The molecule has 3 aromatic heterocycles. The maximum Gasteiger partial charge on any atom is 0.238 e. The van der Waals surface area contributed by atoms with Crippen molar-refractivity contribution in [3.05, 3.63) is 53.7 Å². The standard InChI is InChI=1S/C16H13N5O2.2ClH/c22-15-13(6-11-8-18-14-12(11)2-1-4-17-14)20-16(21-15)19-7-10-3-5-23-9-10;;/h1-6,8-9,22H,7H2,(H2,19,20,21);2*1H/b11-6+;;. The van der Waals surface area contributed by atoms with E-state index in [1.165, 1.54) is 0 Å². The molecule has 7 nitrogen and oxygen atoms in total. The fraction of sp³-hybridized carbons (Fsp3) is 0.0625. The molecule has 0 saturated heterocycles. The zero-order chi connectivity index (χ0) is 15.6. The zero-order valence-corrected chi connectivity index (χ0v) is 14.5. The molecule has 1 aliphatic heterocycles. The fourth-order valence-corrected chi connectivity index (χ4v) is 2.34. The molecule has 0 atom stereocenters. The van der Waals surface area contributed by atoms with Crippen LogP contribution < -0.4 is 5.32 Å². The lowest BCUT2D eigenvalue weighted by Gasteiger charge is -1.99. The first-order valence-electron chi connectivity index (χ1n) is 7.04. The topological polar surface area (TPSA) is 99.3 Å². The molecular weight excluding hydrogens is 365 g/mol. The van der Waals surface area contributed by atoms with Gasteiger partial charge in [0.2, 0.25) is 11.8 Å². The van der Waals surface area contributed by atoms with E-state index in [0.717, 1.165) is 16.7 Å². The van der Waals surface area contributed by atoms with Crippen LogP contribution in [0.5, 0.6) is 5.88 Å². The van der Waals surface area contributed by atoms with Crippen molar-refractivity contribution in [2.24, 2.45) is 4.99 Å². The first kappa shape index (κ1) is 18.6. The van der Waals surface area contributed by atoms with Crippen molar-refractivity contribution in [2.45, 2.75) is 6.54 Å². The smallest absolute Gasteiger partial charge is 0.238 e. The van der Waals surface area contributed by atoms with E-state index in [9.17, 15) is 5.11 Å². The molecular formula is C16H15Cl2N5O2. The summed E-state index contributed by atoms with van der Waals surface area (Å²) in [4.78, 5) is 15.5. The van der Waals surface area contributed by atoms with E-state index >= 15 is 0 Å². The van der Waals surface area contributed by atoms with E-state index in [0.29, 0.717) is 24.0 Å². The van der Waals surface area contributed by atoms with Crippen molar-refractivity contribution in [3.63, 3.8) is 0 Å². The van der Waals surface area contributed by atoms with Crippen molar-refractivity contribution in [2.75, 3.05) is 5.32 Å². The summed E-state index contributed by atoms with van der Waals surface area (Å²) in [5, 5.41) is 13.1. The van der Waals surface area contributed by atoms with Gasteiger partial charge in [0.15, 0.2) is 5.82 Å². The van der Waals surface area contributed by atoms with E-state index in [1.54, 1.807) is 31.0 Å². The molecule has 0 spiro atoms. The molecule has 0 bridgehead atoms. The fourth-order valence-electron chi connectivity index (χ4n) is 2.34. The number of aromatic amines is 1. The highest BCUT2D eigenvalue weighted by Crippen LogP contribution is 2.31. The van der Waals surface area contributed by atoms with Crippen molar-refractivity contribution >= 4 is 54.4 Å². The second kappa shape index (κ2) is 7.87. The molecule has 0 amide bonds. The summed E-state index contributed by atoms with van der Waals surface area (Å²) in [5.74, 6) is 1.09. The number of imidazole rings is 1. The van der Waals surface area contributed by atoms with Gasteiger partial charge in [0, 0.05) is 35.7 Å². The number of halogens is 2. The van der Waals surface area contributed by atoms with Crippen LogP contribution in [-0.2, 0) is 6.54 Å². The highest BCUT2D eigenvalue weighted by atomic mass is 35.5. The van der Waals surface area contributed by atoms with Crippen LogP contribution in [0.1, 0.15) is 16.8 Å². The molecule has 0 unspecified atom stereocenters. The summed E-state index contributed by atoms with van der Waals surface area (Å²) in [5.41, 5.74) is 3.30. The van der Waals surface area contributed by atoms with Gasteiger partial charge >= 0.3 is 0 Å². The van der Waals surface area contributed by atoms with Crippen molar-refractivity contribution in [3.8, 4) is 5.88 Å². The molecule has 0 saturated carbocycles. The minimum Gasteiger partial charge on any atom is -0.492 e. The van der Waals surface area contributed by atoms with Gasteiger partial charge in [-0.05, 0) is 24.3 Å². The maximum absolute atomic E-state index is 9.99. The molecule has 4 heterocycles. The number of hydrogen-bond donors (Lipinski definition) is 3. The molecule has 1 aliphatic rings. The average molecular weight is 380 g/mol. The van der Waals surface area contributed by atoms with Crippen LogP contribution in [0.15, 0.2) is 46.3 Å². The lowest BCUT2D eigenvalue weighted by atomic mass is 10.1.